The molecule has 0 radical (unpaired) electrons. The van der Waals surface area contributed by atoms with Crippen molar-refractivity contribution in [1.29, 1.82) is 0 Å². The van der Waals surface area contributed by atoms with Crippen molar-refractivity contribution < 1.29 is 0 Å². The molecule has 1 aliphatic carbocycles. The Balaban J connectivity index is 1.46. The summed E-state index contributed by atoms with van der Waals surface area (Å²) in [6.45, 7) is 9.76. The van der Waals surface area contributed by atoms with Crippen LogP contribution >= 0.6 is 0 Å². The van der Waals surface area contributed by atoms with Crippen LogP contribution in [0.1, 0.15) is 51.7 Å². The first kappa shape index (κ1) is 27.7. The van der Waals surface area contributed by atoms with E-state index >= 15 is 0 Å². The maximum Gasteiger partial charge on any atom is 0.0549 e. The van der Waals surface area contributed by atoms with Crippen LogP contribution in [0.25, 0.3) is 76.5 Å². The lowest BCUT2D eigenvalue weighted by Crippen LogP contribution is -2.33. The molecule has 9 aromatic rings. The summed E-state index contributed by atoms with van der Waals surface area (Å²) in [5.41, 5.74) is 10.6. The first-order valence-electron chi connectivity index (χ1n) is 17.3. The van der Waals surface area contributed by atoms with Crippen molar-refractivity contribution in [2.24, 2.45) is 0 Å². The minimum atomic E-state index is 0.106. The van der Waals surface area contributed by atoms with E-state index < -0.39 is 0 Å². The normalized spacial score (nSPS) is 15.7. The van der Waals surface area contributed by atoms with Crippen LogP contribution in [0.5, 0.6) is 0 Å². The quantitative estimate of drug-likeness (QED) is 0.182. The van der Waals surface area contributed by atoms with Gasteiger partial charge < -0.3 is 9.13 Å². The van der Waals surface area contributed by atoms with E-state index in [1.165, 1.54) is 100 Å². The van der Waals surface area contributed by atoms with Gasteiger partial charge in [0.1, 0.15) is 0 Å². The Hall–Kier alpha value is -5.34. The largest absolute Gasteiger partial charge is 0.309 e. The van der Waals surface area contributed by atoms with E-state index in [2.05, 4.69) is 170 Å². The van der Waals surface area contributed by atoms with Crippen LogP contribution in [0.3, 0.4) is 0 Å². The number of hydrogen-bond acceptors (Lipinski definition) is 0. The smallest absolute Gasteiger partial charge is 0.0549 e. The molecule has 0 atom stereocenters. The predicted octanol–water partition coefficient (Wildman–Crippen LogP) is 12.5. The highest BCUT2D eigenvalue weighted by molar-refractivity contribution is 6.33. The van der Waals surface area contributed by atoms with Gasteiger partial charge in [0.25, 0.3) is 0 Å². The summed E-state index contributed by atoms with van der Waals surface area (Å²) in [6, 6.07) is 49.9. The van der Waals surface area contributed by atoms with Crippen molar-refractivity contribution in [3.63, 3.8) is 0 Å². The first-order valence-corrected chi connectivity index (χ1v) is 17.3. The first-order chi connectivity index (χ1) is 23.3. The van der Waals surface area contributed by atoms with Crippen molar-refractivity contribution in [3.8, 4) is 11.4 Å². The monoisotopic (exact) mass is 618 g/mol. The average Bonchev–Trinajstić information content (AvgIpc) is 3.62. The molecule has 7 aromatic carbocycles. The van der Waals surface area contributed by atoms with Gasteiger partial charge >= 0.3 is 0 Å². The summed E-state index contributed by atoms with van der Waals surface area (Å²) in [4.78, 5) is 0. The predicted molar refractivity (Wildman–Crippen MR) is 205 cm³/mol. The van der Waals surface area contributed by atoms with Gasteiger partial charge in [-0.2, -0.15) is 0 Å². The number of fused-ring (bicyclic) bond motifs is 11. The minimum Gasteiger partial charge on any atom is -0.309 e. The standard InChI is InChI=1S/C46H38N2/c1-45(2)24-25-46(3,4)37-28-41-35(27-36(37)45)43-39(48(41)33-20-18-29-12-8-9-14-31(29)26-33)22-23-40-44(43)42-34-17-11-10-13-30(34)19-21-38(42)47(40)32-15-6-5-7-16-32/h5-23,26-28H,24-25H2,1-4H3. The van der Waals surface area contributed by atoms with Crippen LogP contribution in [0.4, 0.5) is 0 Å². The van der Waals surface area contributed by atoms with Crippen molar-refractivity contribution >= 4 is 65.2 Å². The zero-order valence-electron chi connectivity index (χ0n) is 28.0. The number of nitrogens with zero attached hydrogens (tertiary/aromatic N) is 2. The van der Waals surface area contributed by atoms with Gasteiger partial charge in [0.15, 0.2) is 0 Å². The molecule has 232 valence electrons. The SMILES string of the molecule is CC1(C)CCC(C)(C)c2cc3c(cc21)c1c2c4c5ccccc5ccc4n(-c4ccccc4)c2ccc1n3-c1ccc2ccccc2c1. The molecule has 0 bridgehead atoms. The van der Waals surface area contributed by atoms with Crippen LogP contribution in [0.2, 0.25) is 0 Å². The molecule has 0 aliphatic heterocycles. The Morgan fingerprint density at radius 3 is 1.69 bits per heavy atom. The van der Waals surface area contributed by atoms with E-state index in [0.29, 0.717) is 0 Å². The third-order valence-electron chi connectivity index (χ3n) is 11.5. The Kier molecular flexibility index (Phi) is 5.55. The molecule has 0 saturated carbocycles. The van der Waals surface area contributed by atoms with Crippen molar-refractivity contribution in [2.45, 2.75) is 51.4 Å². The highest BCUT2D eigenvalue weighted by Crippen LogP contribution is 2.50. The molecule has 2 aromatic heterocycles. The molecule has 2 heterocycles. The van der Waals surface area contributed by atoms with E-state index in [9.17, 15) is 0 Å². The summed E-state index contributed by atoms with van der Waals surface area (Å²) < 4.78 is 5.02. The summed E-state index contributed by atoms with van der Waals surface area (Å²) in [7, 11) is 0. The molecule has 0 saturated heterocycles. The third kappa shape index (κ3) is 3.75. The number of benzene rings is 7. The van der Waals surface area contributed by atoms with Gasteiger partial charge in [-0.3, -0.25) is 0 Å². The van der Waals surface area contributed by atoms with Crippen LogP contribution in [0, 0.1) is 0 Å². The van der Waals surface area contributed by atoms with E-state index in [1.54, 1.807) is 0 Å². The molecule has 0 unspecified atom stereocenters. The molecule has 2 nitrogen and oxygen atoms in total. The van der Waals surface area contributed by atoms with Crippen LogP contribution in [-0.2, 0) is 10.8 Å². The Bertz CT molecular complexity index is 2770. The molecule has 48 heavy (non-hydrogen) atoms. The summed E-state index contributed by atoms with van der Waals surface area (Å²) in [5, 5.41) is 10.4. The van der Waals surface area contributed by atoms with E-state index in [0.717, 1.165) is 0 Å². The second-order valence-corrected chi connectivity index (χ2v) is 15.3. The molecule has 0 amide bonds. The highest BCUT2D eigenvalue weighted by atomic mass is 15.0. The lowest BCUT2D eigenvalue weighted by molar-refractivity contribution is 0.332. The van der Waals surface area contributed by atoms with Crippen molar-refractivity contribution in [2.75, 3.05) is 0 Å². The third-order valence-corrected chi connectivity index (χ3v) is 11.5. The minimum absolute atomic E-state index is 0.106. The molecular weight excluding hydrogens is 581 g/mol. The number of hydrogen-bond donors (Lipinski definition) is 0. The Morgan fingerprint density at radius 1 is 0.396 bits per heavy atom. The van der Waals surface area contributed by atoms with Crippen LogP contribution in [0.15, 0.2) is 133 Å². The van der Waals surface area contributed by atoms with Crippen molar-refractivity contribution in [1.82, 2.24) is 9.13 Å². The maximum atomic E-state index is 2.59. The van der Waals surface area contributed by atoms with Gasteiger partial charge in [-0.05, 0) is 111 Å². The van der Waals surface area contributed by atoms with Gasteiger partial charge in [-0.15, -0.1) is 0 Å². The zero-order chi connectivity index (χ0) is 32.4. The molecule has 10 rings (SSSR count). The van der Waals surface area contributed by atoms with E-state index in [4.69, 9.17) is 0 Å². The topological polar surface area (TPSA) is 9.86 Å². The lowest BCUT2D eigenvalue weighted by atomic mass is 9.63. The maximum absolute atomic E-state index is 2.59. The van der Waals surface area contributed by atoms with Crippen molar-refractivity contribution in [3.05, 3.63) is 145 Å². The van der Waals surface area contributed by atoms with Gasteiger partial charge in [-0.1, -0.05) is 107 Å². The molecule has 0 N–H and O–H groups in total. The molecule has 0 fully saturated rings. The van der Waals surface area contributed by atoms with E-state index in [1.807, 2.05) is 0 Å². The van der Waals surface area contributed by atoms with Gasteiger partial charge in [0.2, 0.25) is 0 Å². The lowest BCUT2D eigenvalue weighted by Gasteiger charge is -2.42. The summed E-state index contributed by atoms with van der Waals surface area (Å²) in [6.07, 6.45) is 2.38. The number of para-hydroxylation sites is 1. The zero-order valence-corrected chi connectivity index (χ0v) is 28.0. The highest BCUT2D eigenvalue weighted by Gasteiger charge is 2.38. The average molecular weight is 619 g/mol. The molecular formula is C46H38N2. The Labute approximate surface area is 280 Å². The fraction of sp³-hybridized carbons (Fsp3) is 0.174. The molecule has 2 heteroatoms. The fourth-order valence-electron chi connectivity index (χ4n) is 8.88. The number of aromatic nitrogens is 2. The number of rotatable bonds is 2. The molecule has 0 spiro atoms. The van der Waals surface area contributed by atoms with Gasteiger partial charge in [0, 0.05) is 32.9 Å². The second-order valence-electron chi connectivity index (χ2n) is 15.3. The van der Waals surface area contributed by atoms with E-state index in [-0.39, 0.29) is 10.8 Å². The van der Waals surface area contributed by atoms with Gasteiger partial charge in [0.05, 0.1) is 22.1 Å². The summed E-state index contributed by atoms with van der Waals surface area (Å²) >= 11 is 0. The van der Waals surface area contributed by atoms with Gasteiger partial charge in [-0.25, -0.2) is 0 Å². The van der Waals surface area contributed by atoms with Crippen LogP contribution < -0.4 is 0 Å². The summed E-state index contributed by atoms with van der Waals surface area (Å²) in [5.74, 6) is 0. The van der Waals surface area contributed by atoms with Crippen LogP contribution in [-0.4, -0.2) is 9.13 Å². The molecule has 1 aliphatic rings. The second kappa shape index (κ2) is 9.61. The Morgan fingerprint density at radius 2 is 0.938 bits per heavy atom. The fourth-order valence-corrected chi connectivity index (χ4v) is 8.88.